The number of anilines is 4. The molecule has 0 radical (unpaired) electrons. The molecule has 0 aliphatic carbocycles. The highest BCUT2D eigenvalue weighted by Gasteiger charge is 2.14. The molecule has 1 fully saturated rings. The fraction of sp³-hybridized carbons (Fsp3) is 0.429. The van der Waals surface area contributed by atoms with Gasteiger partial charge in [0, 0.05) is 30.4 Å². The Morgan fingerprint density at radius 1 is 1.04 bits per heavy atom. The lowest BCUT2D eigenvalue weighted by atomic mass is 10.0. The maximum absolute atomic E-state index is 12.1. The molecule has 5 heteroatoms. The molecule has 1 aromatic heterocycles. The third kappa shape index (κ3) is 4.54. The quantitative estimate of drug-likeness (QED) is 0.751. The first-order valence-corrected chi connectivity index (χ1v) is 9.58. The first-order valence-electron chi connectivity index (χ1n) is 9.58. The zero-order chi connectivity index (χ0) is 18.4. The van der Waals surface area contributed by atoms with Gasteiger partial charge in [0.15, 0.2) is 0 Å². The SMILES string of the molecule is CCC(CC)C(=O)Nc1ccc(Nc2ccc(N3CCCC3)cc2)nc1. The summed E-state index contributed by atoms with van der Waals surface area (Å²) in [5.74, 6) is 0.886. The number of nitrogens with zero attached hydrogens (tertiary/aromatic N) is 2. The number of amides is 1. The van der Waals surface area contributed by atoms with E-state index in [1.165, 1.54) is 18.5 Å². The topological polar surface area (TPSA) is 57.3 Å². The average Bonchev–Trinajstić information content (AvgIpc) is 3.20. The van der Waals surface area contributed by atoms with Gasteiger partial charge >= 0.3 is 0 Å². The Kier molecular flexibility index (Phi) is 6.10. The summed E-state index contributed by atoms with van der Waals surface area (Å²) >= 11 is 0. The van der Waals surface area contributed by atoms with Gasteiger partial charge in [-0.05, 0) is 62.1 Å². The van der Waals surface area contributed by atoms with Crippen LogP contribution in [-0.2, 0) is 4.79 Å². The lowest BCUT2D eigenvalue weighted by Crippen LogP contribution is -2.21. The number of hydrogen-bond acceptors (Lipinski definition) is 4. The van der Waals surface area contributed by atoms with Crippen LogP contribution in [0.25, 0.3) is 0 Å². The summed E-state index contributed by atoms with van der Waals surface area (Å²) in [6, 6.07) is 12.2. The van der Waals surface area contributed by atoms with Gasteiger partial charge < -0.3 is 15.5 Å². The third-order valence-electron chi connectivity index (χ3n) is 5.00. The average molecular weight is 352 g/mol. The van der Waals surface area contributed by atoms with Crippen molar-refractivity contribution in [3.63, 3.8) is 0 Å². The summed E-state index contributed by atoms with van der Waals surface area (Å²) < 4.78 is 0. The molecular weight excluding hydrogens is 324 g/mol. The highest BCUT2D eigenvalue weighted by Crippen LogP contribution is 2.24. The summed E-state index contributed by atoms with van der Waals surface area (Å²) in [4.78, 5) is 19.0. The summed E-state index contributed by atoms with van der Waals surface area (Å²) in [5, 5.41) is 6.24. The smallest absolute Gasteiger partial charge is 0.227 e. The zero-order valence-corrected chi connectivity index (χ0v) is 15.7. The number of carbonyl (C=O) groups is 1. The molecule has 3 rings (SSSR count). The minimum atomic E-state index is 0.0573. The van der Waals surface area contributed by atoms with Crippen molar-refractivity contribution in [2.75, 3.05) is 28.6 Å². The normalized spacial score (nSPS) is 13.9. The Bertz CT molecular complexity index is 702. The monoisotopic (exact) mass is 352 g/mol. The molecule has 1 saturated heterocycles. The van der Waals surface area contributed by atoms with Crippen LogP contribution >= 0.6 is 0 Å². The van der Waals surface area contributed by atoms with Gasteiger partial charge in [0.25, 0.3) is 0 Å². The fourth-order valence-electron chi connectivity index (χ4n) is 3.32. The standard InChI is InChI=1S/C21H28N4O/c1-3-16(4-2)21(26)24-18-9-12-20(22-15-18)23-17-7-10-19(11-8-17)25-13-5-6-14-25/h7-12,15-16H,3-6,13-14H2,1-2H3,(H,22,23)(H,24,26). The summed E-state index contributed by atoms with van der Waals surface area (Å²) in [6.45, 7) is 6.37. The van der Waals surface area contributed by atoms with E-state index in [1.807, 2.05) is 26.0 Å². The van der Waals surface area contributed by atoms with Crippen LogP contribution in [0.5, 0.6) is 0 Å². The number of carbonyl (C=O) groups excluding carboxylic acids is 1. The lowest BCUT2D eigenvalue weighted by Gasteiger charge is -2.18. The lowest BCUT2D eigenvalue weighted by molar-refractivity contribution is -0.120. The summed E-state index contributed by atoms with van der Waals surface area (Å²) in [6.07, 6.45) is 5.96. The van der Waals surface area contributed by atoms with Gasteiger partial charge in [0.2, 0.25) is 5.91 Å². The van der Waals surface area contributed by atoms with Gasteiger partial charge in [0.05, 0.1) is 11.9 Å². The van der Waals surface area contributed by atoms with Gasteiger partial charge in [0.1, 0.15) is 5.82 Å². The Morgan fingerprint density at radius 2 is 1.69 bits per heavy atom. The zero-order valence-electron chi connectivity index (χ0n) is 15.7. The fourth-order valence-corrected chi connectivity index (χ4v) is 3.32. The predicted molar refractivity (Wildman–Crippen MR) is 108 cm³/mol. The molecule has 5 nitrogen and oxygen atoms in total. The van der Waals surface area contributed by atoms with Crippen molar-refractivity contribution < 1.29 is 4.79 Å². The van der Waals surface area contributed by atoms with E-state index in [4.69, 9.17) is 0 Å². The van der Waals surface area contributed by atoms with Crippen LogP contribution in [0.2, 0.25) is 0 Å². The van der Waals surface area contributed by atoms with Crippen LogP contribution in [0.4, 0.5) is 22.9 Å². The molecule has 0 unspecified atom stereocenters. The molecule has 1 aromatic carbocycles. The van der Waals surface area contributed by atoms with Gasteiger partial charge in [-0.15, -0.1) is 0 Å². The van der Waals surface area contributed by atoms with Crippen LogP contribution in [0, 0.1) is 5.92 Å². The number of benzene rings is 1. The largest absolute Gasteiger partial charge is 0.372 e. The summed E-state index contributed by atoms with van der Waals surface area (Å²) in [7, 11) is 0. The van der Waals surface area contributed by atoms with Crippen LogP contribution in [0.15, 0.2) is 42.6 Å². The second-order valence-corrected chi connectivity index (χ2v) is 6.80. The maximum Gasteiger partial charge on any atom is 0.227 e. The Morgan fingerprint density at radius 3 is 2.27 bits per heavy atom. The van der Waals surface area contributed by atoms with Crippen molar-refractivity contribution in [2.24, 2.45) is 5.92 Å². The second-order valence-electron chi connectivity index (χ2n) is 6.80. The number of nitrogens with one attached hydrogen (secondary N) is 2. The van der Waals surface area contributed by atoms with Gasteiger partial charge in [-0.1, -0.05) is 13.8 Å². The second kappa shape index (κ2) is 8.70. The first-order chi connectivity index (χ1) is 12.7. The summed E-state index contributed by atoms with van der Waals surface area (Å²) in [5.41, 5.74) is 3.02. The van der Waals surface area contributed by atoms with E-state index in [0.717, 1.165) is 43.1 Å². The van der Waals surface area contributed by atoms with E-state index in [0.29, 0.717) is 0 Å². The van der Waals surface area contributed by atoms with Gasteiger partial charge in [-0.3, -0.25) is 4.79 Å². The molecule has 138 valence electrons. The molecule has 2 aromatic rings. The van der Waals surface area contributed by atoms with E-state index in [9.17, 15) is 4.79 Å². The van der Waals surface area contributed by atoms with Crippen molar-refractivity contribution in [1.29, 1.82) is 0 Å². The number of hydrogen-bond donors (Lipinski definition) is 2. The number of pyridine rings is 1. The highest BCUT2D eigenvalue weighted by molar-refractivity contribution is 5.92. The van der Waals surface area contributed by atoms with Crippen molar-refractivity contribution in [2.45, 2.75) is 39.5 Å². The van der Waals surface area contributed by atoms with E-state index in [1.54, 1.807) is 6.20 Å². The van der Waals surface area contributed by atoms with E-state index in [2.05, 4.69) is 44.8 Å². The number of aromatic nitrogens is 1. The Labute approximate surface area is 155 Å². The molecular formula is C21H28N4O. The molecule has 0 bridgehead atoms. The molecule has 2 heterocycles. The van der Waals surface area contributed by atoms with Gasteiger partial charge in [-0.2, -0.15) is 0 Å². The molecule has 0 saturated carbocycles. The van der Waals surface area contributed by atoms with Crippen molar-refractivity contribution in [3.05, 3.63) is 42.6 Å². The van der Waals surface area contributed by atoms with Crippen LogP contribution in [0.1, 0.15) is 39.5 Å². The first kappa shape index (κ1) is 18.2. The third-order valence-corrected chi connectivity index (χ3v) is 5.00. The van der Waals surface area contributed by atoms with E-state index >= 15 is 0 Å². The molecule has 1 aliphatic heterocycles. The Balaban J connectivity index is 1.57. The van der Waals surface area contributed by atoms with Crippen LogP contribution in [-0.4, -0.2) is 24.0 Å². The predicted octanol–water partition coefficient (Wildman–Crippen LogP) is 4.80. The molecule has 1 aliphatic rings. The minimum Gasteiger partial charge on any atom is -0.372 e. The maximum atomic E-state index is 12.1. The van der Waals surface area contributed by atoms with Crippen molar-refractivity contribution in [3.8, 4) is 0 Å². The van der Waals surface area contributed by atoms with Crippen molar-refractivity contribution >= 4 is 28.8 Å². The van der Waals surface area contributed by atoms with Gasteiger partial charge in [-0.25, -0.2) is 4.98 Å². The molecule has 2 N–H and O–H groups in total. The van der Waals surface area contributed by atoms with E-state index in [-0.39, 0.29) is 11.8 Å². The highest BCUT2D eigenvalue weighted by atomic mass is 16.1. The Hall–Kier alpha value is -2.56. The van der Waals surface area contributed by atoms with Crippen LogP contribution < -0.4 is 15.5 Å². The number of rotatable bonds is 7. The van der Waals surface area contributed by atoms with E-state index < -0.39 is 0 Å². The van der Waals surface area contributed by atoms with Crippen LogP contribution in [0.3, 0.4) is 0 Å². The van der Waals surface area contributed by atoms with Crippen molar-refractivity contribution in [1.82, 2.24) is 4.98 Å². The molecule has 26 heavy (non-hydrogen) atoms. The minimum absolute atomic E-state index is 0.0573. The molecule has 0 spiro atoms. The molecule has 0 atom stereocenters. The molecule has 1 amide bonds.